The van der Waals surface area contributed by atoms with Crippen LogP contribution in [0.3, 0.4) is 0 Å². The molecular weight excluding hydrogens is 507 g/mol. The van der Waals surface area contributed by atoms with Gasteiger partial charge in [-0.2, -0.15) is 0 Å². The van der Waals surface area contributed by atoms with Crippen molar-refractivity contribution in [2.24, 2.45) is 0 Å². The number of carbonyl (C=O) groups excluding carboxylic acids is 1. The smallest absolute Gasteiger partial charge is 0.256 e. The number of aromatic nitrogens is 2. The van der Waals surface area contributed by atoms with Crippen molar-refractivity contribution in [2.75, 3.05) is 10.2 Å². The van der Waals surface area contributed by atoms with E-state index in [9.17, 15) is 4.79 Å². The number of hydrogen-bond donors (Lipinski definition) is 1. The van der Waals surface area contributed by atoms with E-state index in [-0.39, 0.29) is 17.0 Å². The number of aryl methyl sites for hydroxylation is 1. The van der Waals surface area contributed by atoms with E-state index in [2.05, 4.69) is 60.3 Å². The SMILES string of the molecule is COc1ccc(CC2(NC(=O)c3c(C)oc4ncnc(N(I)C5(C)CC5)c34)CC2)cc1. The molecule has 2 fully saturated rings. The molecule has 2 heterocycles. The molecule has 2 saturated carbocycles. The number of fused-ring (bicyclic) bond motifs is 1. The Labute approximate surface area is 195 Å². The van der Waals surface area contributed by atoms with Gasteiger partial charge in [-0.3, -0.25) is 7.91 Å². The van der Waals surface area contributed by atoms with Crippen molar-refractivity contribution in [3.63, 3.8) is 0 Å². The van der Waals surface area contributed by atoms with Crippen molar-refractivity contribution in [3.8, 4) is 5.75 Å². The molecule has 5 rings (SSSR count). The van der Waals surface area contributed by atoms with Crippen molar-refractivity contribution in [2.45, 2.75) is 57.0 Å². The molecule has 1 aromatic carbocycles. The van der Waals surface area contributed by atoms with Crippen molar-refractivity contribution >= 4 is 45.7 Å². The molecule has 8 heteroatoms. The van der Waals surface area contributed by atoms with E-state index in [1.54, 1.807) is 7.11 Å². The number of nitrogens with zero attached hydrogens (tertiary/aromatic N) is 3. The highest BCUT2D eigenvalue weighted by atomic mass is 127. The first-order valence-corrected chi connectivity index (χ1v) is 11.5. The van der Waals surface area contributed by atoms with E-state index in [1.807, 2.05) is 19.1 Å². The van der Waals surface area contributed by atoms with E-state index < -0.39 is 0 Å². The lowest BCUT2D eigenvalue weighted by molar-refractivity contribution is 0.0931. The molecule has 3 aromatic rings. The second kappa shape index (κ2) is 7.36. The molecule has 0 radical (unpaired) electrons. The summed E-state index contributed by atoms with van der Waals surface area (Å²) in [6, 6.07) is 8.02. The number of nitrogens with one attached hydrogen (secondary N) is 1. The highest BCUT2D eigenvalue weighted by molar-refractivity contribution is 14.1. The minimum Gasteiger partial charge on any atom is -0.497 e. The number of methoxy groups -OCH3 is 1. The fourth-order valence-corrected chi connectivity index (χ4v) is 4.87. The maximum atomic E-state index is 13.5. The van der Waals surface area contributed by atoms with Crippen molar-refractivity contribution < 1.29 is 13.9 Å². The second-order valence-electron chi connectivity index (χ2n) is 8.95. The highest BCUT2D eigenvalue weighted by Crippen LogP contribution is 2.48. The minimum atomic E-state index is -0.218. The summed E-state index contributed by atoms with van der Waals surface area (Å²) in [6.07, 6.45) is 6.41. The fraction of sp³-hybridized carbons (Fsp3) is 0.435. The lowest BCUT2D eigenvalue weighted by Crippen LogP contribution is -2.38. The Morgan fingerprint density at radius 2 is 1.94 bits per heavy atom. The van der Waals surface area contributed by atoms with E-state index in [0.717, 1.165) is 43.7 Å². The summed E-state index contributed by atoms with van der Waals surface area (Å²) < 4.78 is 13.2. The van der Waals surface area contributed by atoms with Gasteiger partial charge in [0, 0.05) is 11.1 Å². The molecule has 2 aliphatic rings. The Morgan fingerprint density at radius 3 is 2.55 bits per heavy atom. The number of rotatable bonds is 7. The molecular formula is C23H25IN4O3. The van der Waals surface area contributed by atoms with Gasteiger partial charge in [0.15, 0.2) is 5.82 Å². The maximum absolute atomic E-state index is 13.5. The maximum Gasteiger partial charge on any atom is 0.256 e. The molecule has 0 atom stereocenters. The van der Waals surface area contributed by atoms with Gasteiger partial charge in [0.05, 0.1) is 40.9 Å². The summed E-state index contributed by atoms with van der Waals surface area (Å²) in [6.45, 7) is 4.02. The Balaban J connectivity index is 1.44. The van der Waals surface area contributed by atoms with Crippen LogP contribution in [0.4, 0.5) is 5.82 Å². The Bertz CT molecular complexity index is 1150. The van der Waals surface area contributed by atoms with Crippen molar-refractivity contribution in [3.05, 3.63) is 47.5 Å². The van der Waals surface area contributed by atoms with Crippen LogP contribution in [0.15, 0.2) is 35.0 Å². The lowest BCUT2D eigenvalue weighted by Gasteiger charge is -2.23. The minimum absolute atomic E-state index is 0.0623. The summed E-state index contributed by atoms with van der Waals surface area (Å²) in [5.74, 6) is 2.02. The number of hydrogen-bond acceptors (Lipinski definition) is 6. The molecule has 1 amide bonds. The van der Waals surface area contributed by atoms with Gasteiger partial charge in [0.1, 0.15) is 17.8 Å². The van der Waals surface area contributed by atoms with Crippen LogP contribution in [0.25, 0.3) is 11.1 Å². The Kier molecular flexibility index (Phi) is 4.87. The third-order valence-corrected chi connectivity index (χ3v) is 8.06. The van der Waals surface area contributed by atoms with Crippen LogP contribution in [0, 0.1) is 6.92 Å². The van der Waals surface area contributed by atoms with E-state index >= 15 is 0 Å². The molecule has 7 nitrogen and oxygen atoms in total. The van der Waals surface area contributed by atoms with Crippen molar-refractivity contribution in [1.29, 1.82) is 0 Å². The average molecular weight is 532 g/mol. The number of carbonyl (C=O) groups is 1. The predicted molar refractivity (Wildman–Crippen MR) is 127 cm³/mol. The number of amides is 1. The zero-order valence-electron chi connectivity index (χ0n) is 17.9. The standard InChI is InChI=1S/C23H25IN4O3/c1-14-17(18-19(25-13-26-21(18)31-14)28(24)22(2)8-9-22)20(29)27-23(10-11-23)12-15-4-6-16(30-3)7-5-15/h4-7,13H,8-12H2,1-3H3,(H,27,29). The van der Waals surface area contributed by atoms with Crippen LogP contribution in [-0.2, 0) is 6.42 Å². The Hall–Kier alpha value is -2.36. The molecule has 0 unspecified atom stereocenters. The molecule has 0 spiro atoms. The number of benzene rings is 1. The van der Waals surface area contributed by atoms with E-state index in [1.165, 1.54) is 11.9 Å². The highest BCUT2D eigenvalue weighted by Gasteiger charge is 2.46. The van der Waals surface area contributed by atoms with Gasteiger partial charge in [0.2, 0.25) is 5.71 Å². The number of halogens is 1. The summed E-state index contributed by atoms with van der Waals surface area (Å²) in [5.41, 5.74) is 2.02. The monoisotopic (exact) mass is 532 g/mol. The molecule has 1 N–H and O–H groups in total. The van der Waals surface area contributed by atoms with Crippen molar-refractivity contribution in [1.82, 2.24) is 15.3 Å². The lowest BCUT2D eigenvalue weighted by atomic mass is 10.0. The first-order valence-electron chi connectivity index (χ1n) is 10.5. The van der Waals surface area contributed by atoms with Crippen LogP contribution in [0.2, 0.25) is 0 Å². The average Bonchev–Trinajstić information content (AvgIpc) is 3.66. The van der Waals surface area contributed by atoms with E-state index in [0.29, 0.717) is 22.4 Å². The van der Waals surface area contributed by atoms with Gasteiger partial charge >= 0.3 is 0 Å². The molecule has 2 aliphatic carbocycles. The second-order valence-corrected chi connectivity index (χ2v) is 9.91. The number of ether oxygens (including phenoxy) is 1. The third-order valence-electron chi connectivity index (χ3n) is 6.44. The molecule has 0 bridgehead atoms. The van der Waals surface area contributed by atoms with Crippen LogP contribution < -0.4 is 13.2 Å². The van der Waals surface area contributed by atoms with Crippen LogP contribution in [0.5, 0.6) is 5.75 Å². The van der Waals surface area contributed by atoms with Gasteiger partial charge < -0.3 is 14.5 Å². The van der Waals surface area contributed by atoms with Gasteiger partial charge in [-0.25, -0.2) is 9.97 Å². The fourth-order valence-electron chi connectivity index (χ4n) is 4.02. The first-order chi connectivity index (χ1) is 14.8. The normalized spacial score (nSPS) is 17.9. The summed E-state index contributed by atoms with van der Waals surface area (Å²) in [5, 5.41) is 3.99. The zero-order valence-corrected chi connectivity index (χ0v) is 20.0. The summed E-state index contributed by atoms with van der Waals surface area (Å²) in [7, 11) is 1.66. The molecule has 0 aliphatic heterocycles. The van der Waals surface area contributed by atoms with Gasteiger partial charge in [-0.05, 0) is 63.6 Å². The molecule has 0 saturated heterocycles. The Morgan fingerprint density at radius 1 is 1.23 bits per heavy atom. The number of anilines is 1. The number of furan rings is 1. The predicted octanol–water partition coefficient (Wildman–Crippen LogP) is 4.75. The van der Waals surface area contributed by atoms with Crippen LogP contribution >= 0.6 is 22.9 Å². The summed E-state index contributed by atoms with van der Waals surface area (Å²) in [4.78, 5) is 22.3. The largest absolute Gasteiger partial charge is 0.497 e. The topological polar surface area (TPSA) is 80.5 Å². The molecule has 162 valence electrons. The first kappa shape index (κ1) is 20.5. The van der Waals surface area contributed by atoms with Crippen LogP contribution in [-0.4, -0.2) is 34.1 Å². The van der Waals surface area contributed by atoms with Crippen LogP contribution in [0.1, 0.15) is 54.3 Å². The quantitative estimate of drug-likeness (QED) is 0.350. The zero-order chi connectivity index (χ0) is 21.8. The molecule has 2 aromatic heterocycles. The molecule has 31 heavy (non-hydrogen) atoms. The van der Waals surface area contributed by atoms with E-state index in [4.69, 9.17) is 9.15 Å². The third kappa shape index (κ3) is 3.75. The summed E-state index contributed by atoms with van der Waals surface area (Å²) >= 11 is 2.29. The van der Waals surface area contributed by atoms with Gasteiger partial charge in [-0.15, -0.1) is 0 Å². The van der Waals surface area contributed by atoms with Gasteiger partial charge in [0.25, 0.3) is 5.91 Å². The van der Waals surface area contributed by atoms with Gasteiger partial charge in [-0.1, -0.05) is 12.1 Å².